The molecule has 1 rings (SSSR count). The minimum atomic E-state index is -1.19. The van der Waals surface area contributed by atoms with Gasteiger partial charge in [-0.05, 0) is 38.1 Å². The van der Waals surface area contributed by atoms with Crippen molar-refractivity contribution in [2.24, 2.45) is 10.9 Å². The van der Waals surface area contributed by atoms with Gasteiger partial charge in [-0.25, -0.2) is 0 Å². The molecule has 126 valence electrons. The molecule has 23 heavy (non-hydrogen) atoms. The van der Waals surface area contributed by atoms with Crippen LogP contribution in [0.2, 0.25) is 0 Å². The third-order valence-electron chi connectivity index (χ3n) is 2.65. The standard InChI is InChI=1S/C16H21NO6/c1-3-21-15(19)14(16(20)22-4-2)11-17-12-5-7-13(8-6-12)23-10-9-18/h5-8,11,14,18H,3-4,9-10H2,1-2H3. The van der Waals surface area contributed by atoms with Crippen molar-refractivity contribution in [1.29, 1.82) is 0 Å². The molecule has 0 radical (unpaired) electrons. The Hall–Kier alpha value is -2.41. The third-order valence-corrected chi connectivity index (χ3v) is 2.65. The first-order valence-electron chi connectivity index (χ1n) is 7.33. The van der Waals surface area contributed by atoms with Gasteiger partial charge in [-0.3, -0.25) is 14.6 Å². The van der Waals surface area contributed by atoms with Crippen LogP contribution in [0.4, 0.5) is 5.69 Å². The molecule has 1 aromatic carbocycles. The van der Waals surface area contributed by atoms with Gasteiger partial charge in [0, 0.05) is 6.21 Å². The molecule has 1 N–H and O–H groups in total. The van der Waals surface area contributed by atoms with Gasteiger partial charge in [0.15, 0.2) is 5.92 Å². The minimum absolute atomic E-state index is 0.0688. The van der Waals surface area contributed by atoms with E-state index in [-0.39, 0.29) is 26.4 Å². The van der Waals surface area contributed by atoms with Gasteiger partial charge in [-0.15, -0.1) is 0 Å². The SMILES string of the molecule is CCOC(=O)C(C=Nc1ccc(OCCO)cc1)C(=O)OCC. The van der Waals surface area contributed by atoms with Gasteiger partial charge in [0.25, 0.3) is 0 Å². The number of carbonyl (C=O) groups is 2. The van der Waals surface area contributed by atoms with Crippen molar-refractivity contribution in [2.45, 2.75) is 13.8 Å². The number of aliphatic hydroxyl groups excluding tert-OH is 1. The van der Waals surface area contributed by atoms with Crippen LogP contribution in [0, 0.1) is 5.92 Å². The van der Waals surface area contributed by atoms with Crippen molar-refractivity contribution in [3.05, 3.63) is 24.3 Å². The molecule has 0 unspecified atom stereocenters. The monoisotopic (exact) mass is 323 g/mol. The van der Waals surface area contributed by atoms with Crippen LogP contribution in [0.3, 0.4) is 0 Å². The second-order valence-corrected chi connectivity index (χ2v) is 4.33. The summed E-state index contributed by atoms with van der Waals surface area (Å²) in [5.74, 6) is -2.00. The van der Waals surface area contributed by atoms with E-state index in [9.17, 15) is 9.59 Å². The van der Waals surface area contributed by atoms with Crippen molar-refractivity contribution in [3.8, 4) is 5.75 Å². The Balaban J connectivity index is 2.79. The number of benzene rings is 1. The minimum Gasteiger partial charge on any atom is -0.491 e. The fourth-order valence-electron chi connectivity index (χ4n) is 1.63. The first-order chi connectivity index (χ1) is 11.1. The highest BCUT2D eigenvalue weighted by Gasteiger charge is 2.27. The van der Waals surface area contributed by atoms with Gasteiger partial charge < -0.3 is 19.3 Å². The van der Waals surface area contributed by atoms with Crippen molar-refractivity contribution >= 4 is 23.8 Å². The van der Waals surface area contributed by atoms with Crippen LogP contribution in [-0.2, 0) is 19.1 Å². The molecule has 1 aromatic rings. The van der Waals surface area contributed by atoms with Gasteiger partial charge in [0.05, 0.1) is 25.5 Å². The number of hydrogen-bond donors (Lipinski definition) is 1. The van der Waals surface area contributed by atoms with Crippen LogP contribution in [0.1, 0.15) is 13.8 Å². The predicted molar refractivity (Wildman–Crippen MR) is 83.9 cm³/mol. The molecule has 0 saturated heterocycles. The van der Waals surface area contributed by atoms with E-state index in [4.69, 9.17) is 19.3 Å². The summed E-state index contributed by atoms with van der Waals surface area (Å²) in [4.78, 5) is 27.7. The summed E-state index contributed by atoms with van der Waals surface area (Å²) in [6.45, 7) is 3.78. The van der Waals surface area contributed by atoms with E-state index >= 15 is 0 Å². The molecule has 0 bridgehead atoms. The van der Waals surface area contributed by atoms with E-state index in [0.717, 1.165) is 0 Å². The van der Waals surface area contributed by atoms with Gasteiger partial charge in [0.2, 0.25) is 0 Å². The zero-order chi connectivity index (χ0) is 17.1. The van der Waals surface area contributed by atoms with Crippen molar-refractivity contribution in [1.82, 2.24) is 0 Å². The van der Waals surface area contributed by atoms with Crippen LogP contribution in [0.25, 0.3) is 0 Å². The van der Waals surface area contributed by atoms with Crippen molar-refractivity contribution in [2.75, 3.05) is 26.4 Å². The quantitative estimate of drug-likeness (QED) is 0.420. The Morgan fingerprint density at radius 3 is 2.17 bits per heavy atom. The maximum Gasteiger partial charge on any atom is 0.325 e. The van der Waals surface area contributed by atoms with Gasteiger partial charge in [0.1, 0.15) is 12.4 Å². The van der Waals surface area contributed by atoms with Crippen molar-refractivity contribution < 1.29 is 28.9 Å². The molecule has 0 atom stereocenters. The number of aliphatic hydroxyl groups is 1. The molecule has 7 nitrogen and oxygen atoms in total. The van der Waals surface area contributed by atoms with E-state index in [0.29, 0.717) is 11.4 Å². The smallest absolute Gasteiger partial charge is 0.325 e. The van der Waals surface area contributed by atoms with E-state index < -0.39 is 17.9 Å². The molecule has 0 fully saturated rings. The van der Waals surface area contributed by atoms with E-state index in [1.54, 1.807) is 38.1 Å². The summed E-state index contributed by atoms with van der Waals surface area (Å²) >= 11 is 0. The van der Waals surface area contributed by atoms with Crippen LogP contribution in [-0.4, -0.2) is 49.7 Å². The molecule has 0 aliphatic rings. The van der Waals surface area contributed by atoms with Gasteiger partial charge in [-0.1, -0.05) is 0 Å². The lowest BCUT2D eigenvalue weighted by atomic mass is 10.1. The fraction of sp³-hybridized carbons (Fsp3) is 0.438. The lowest BCUT2D eigenvalue weighted by molar-refractivity contribution is -0.157. The van der Waals surface area contributed by atoms with Crippen molar-refractivity contribution in [3.63, 3.8) is 0 Å². The summed E-state index contributed by atoms with van der Waals surface area (Å²) in [6.07, 6.45) is 1.21. The average Bonchev–Trinajstić information content (AvgIpc) is 2.55. The predicted octanol–water partition coefficient (Wildman–Crippen LogP) is 1.50. The van der Waals surface area contributed by atoms with E-state index in [1.165, 1.54) is 6.21 Å². The summed E-state index contributed by atoms with van der Waals surface area (Å²) in [5.41, 5.74) is 0.542. The summed E-state index contributed by atoms with van der Waals surface area (Å²) in [7, 11) is 0. The van der Waals surface area contributed by atoms with Crippen LogP contribution in [0.15, 0.2) is 29.3 Å². The number of carbonyl (C=O) groups excluding carboxylic acids is 2. The highest BCUT2D eigenvalue weighted by molar-refractivity contribution is 6.09. The summed E-state index contributed by atoms with van der Waals surface area (Å²) in [6, 6.07) is 6.67. The van der Waals surface area contributed by atoms with Crippen LogP contribution < -0.4 is 4.74 Å². The number of aliphatic imine (C=N–C) groups is 1. The first-order valence-corrected chi connectivity index (χ1v) is 7.33. The largest absolute Gasteiger partial charge is 0.491 e. The number of hydrogen-bond acceptors (Lipinski definition) is 7. The molecule has 0 amide bonds. The molecule has 7 heteroatoms. The topological polar surface area (TPSA) is 94.4 Å². The molecule has 0 aliphatic heterocycles. The first kappa shape index (κ1) is 18.6. The van der Waals surface area contributed by atoms with E-state index in [2.05, 4.69) is 4.99 Å². The van der Waals surface area contributed by atoms with Gasteiger partial charge >= 0.3 is 11.9 Å². The van der Waals surface area contributed by atoms with Crippen LogP contribution >= 0.6 is 0 Å². The third kappa shape index (κ3) is 6.48. The zero-order valence-corrected chi connectivity index (χ0v) is 13.2. The Labute approximate surface area is 134 Å². The second kappa shape index (κ2) is 10.3. The Morgan fingerprint density at radius 1 is 1.13 bits per heavy atom. The number of nitrogens with zero attached hydrogens (tertiary/aromatic N) is 1. The average molecular weight is 323 g/mol. The number of esters is 2. The molecule has 0 spiro atoms. The number of ether oxygens (including phenoxy) is 3. The van der Waals surface area contributed by atoms with Gasteiger partial charge in [-0.2, -0.15) is 0 Å². The lowest BCUT2D eigenvalue weighted by Crippen LogP contribution is -2.29. The van der Waals surface area contributed by atoms with Crippen LogP contribution in [0.5, 0.6) is 5.75 Å². The summed E-state index contributed by atoms with van der Waals surface area (Å²) < 4.78 is 14.9. The summed E-state index contributed by atoms with van der Waals surface area (Å²) in [5, 5.41) is 8.68. The Bertz CT molecular complexity index is 508. The molecule has 0 aromatic heterocycles. The zero-order valence-electron chi connectivity index (χ0n) is 13.2. The molecule has 0 saturated carbocycles. The Morgan fingerprint density at radius 2 is 1.70 bits per heavy atom. The number of rotatable bonds is 9. The second-order valence-electron chi connectivity index (χ2n) is 4.33. The molecular weight excluding hydrogens is 302 g/mol. The Kier molecular flexibility index (Phi) is 8.38. The normalized spacial score (nSPS) is 10.8. The van der Waals surface area contributed by atoms with E-state index in [1.807, 2.05) is 0 Å². The molecule has 0 heterocycles. The fourth-order valence-corrected chi connectivity index (χ4v) is 1.63. The highest BCUT2D eigenvalue weighted by Crippen LogP contribution is 2.18. The maximum absolute atomic E-state index is 11.8. The maximum atomic E-state index is 11.8. The lowest BCUT2D eigenvalue weighted by Gasteiger charge is -2.10. The highest BCUT2D eigenvalue weighted by atomic mass is 16.6. The molecular formula is C16H21NO6. The molecule has 0 aliphatic carbocycles.